The molecule has 0 radical (unpaired) electrons. The summed E-state index contributed by atoms with van der Waals surface area (Å²) in [6.45, 7) is 1.92. The van der Waals surface area contributed by atoms with Gasteiger partial charge in [0.1, 0.15) is 5.78 Å². The number of aryl methyl sites for hydroxylation is 1. The van der Waals surface area contributed by atoms with Crippen molar-refractivity contribution in [2.45, 2.75) is 13.3 Å². The Balaban J connectivity index is 2.57. The molecule has 0 saturated heterocycles. The van der Waals surface area contributed by atoms with Gasteiger partial charge in [0, 0.05) is 17.1 Å². The largest absolute Gasteiger partial charge is 0.298 e. The van der Waals surface area contributed by atoms with Crippen LogP contribution in [0.15, 0.2) is 6.07 Å². The van der Waals surface area contributed by atoms with Crippen LogP contribution in [0.4, 0.5) is 0 Å². The second-order valence-electron chi connectivity index (χ2n) is 2.31. The maximum absolute atomic E-state index is 10.9. The Morgan fingerprint density at radius 1 is 1.82 bits per heavy atom. The standard InChI is InChI=1S/C7H9NOS2/c1-5-2-7(11-8-5)3-6(9)4-10/h2,10H,3-4H2,1H3. The Hall–Kier alpha value is -0.350. The van der Waals surface area contributed by atoms with Crippen LogP contribution in [-0.2, 0) is 11.2 Å². The van der Waals surface area contributed by atoms with Crippen LogP contribution < -0.4 is 0 Å². The van der Waals surface area contributed by atoms with Crippen LogP contribution in [0.25, 0.3) is 0 Å². The van der Waals surface area contributed by atoms with Gasteiger partial charge in [0.25, 0.3) is 0 Å². The number of rotatable bonds is 3. The van der Waals surface area contributed by atoms with E-state index in [1.54, 1.807) is 0 Å². The molecule has 0 spiro atoms. The van der Waals surface area contributed by atoms with E-state index in [0.29, 0.717) is 12.2 Å². The van der Waals surface area contributed by atoms with E-state index in [0.717, 1.165) is 10.6 Å². The minimum Gasteiger partial charge on any atom is -0.298 e. The first-order valence-corrected chi connectivity index (χ1v) is 4.67. The molecule has 1 rings (SSSR count). The first-order valence-electron chi connectivity index (χ1n) is 3.27. The van der Waals surface area contributed by atoms with Crippen LogP contribution in [0.5, 0.6) is 0 Å². The van der Waals surface area contributed by atoms with Gasteiger partial charge >= 0.3 is 0 Å². The molecule has 0 amide bonds. The lowest BCUT2D eigenvalue weighted by atomic mass is 10.2. The highest BCUT2D eigenvalue weighted by Gasteiger charge is 2.03. The molecular weight excluding hydrogens is 178 g/mol. The maximum Gasteiger partial charge on any atom is 0.147 e. The van der Waals surface area contributed by atoms with E-state index >= 15 is 0 Å². The molecule has 1 heterocycles. The van der Waals surface area contributed by atoms with Crippen molar-refractivity contribution in [1.82, 2.24) is 4.37 Å². The SMILES string of the molecule is Cc1cc(CC(=O)CS)sn1. The molecule has 0 atom stereocenters. The smallest absolute Gasteiger partial charge is 0.147 e. The van der Waals surface area contributed by atoms with Crippen molar-refractivity contribution in [1.29, 1.82) is 0 Å². The van der Waals surface area contributed by atoms with Gasteiger partial charge in [-0.05, 0) is 24.5 Å². The number of ketones is 1. The van der Waals surface area contributed by atoms with Gasteiger partial charge in [-0.3, -0.25) is 4.79 Å². The third kappa shape index (κ3) is 2.63. The van der Waals surface area contributed by atoms with Crippen molar-refractivity contribution in [3.8, 4) is 0 Å². The topological polar surface area (TPSA) is 30.0 Å². The third-order valence-corrected chi connectivity index (χ3v) is 2.45. The second-order valence-corrected chi connectivity index (χ2v) is 3.51. The lowest BCUT2D eigenvalue weighted by Gasteiger charge is -1.89. The number of thiol groups is 1. The van der Waals surface area contributed by atoms with Crippen molar-refractivity contribution in [3.05, 3.63) is 16.6 Å². The molecule has 11 heavy (non-hydrogen) atoms. The van der Waals surface area contributed by atoms with Gasteiger partial charge in [-0.2, -0.15) is 17.0 Å². The Bertz CT molecular complexity index is 257. The van der Waals surface area contributed by atoms with E-state index < -0.39 is 0 Å². The predicted octanol–water partition coefficient (Wildman–Crippen LogP) is 1.49. The molecule has 0 aliphatic carbocycles. The van der Waals surface area contributed by atoms with E-state index in [4.69, 9.17) is 0 Å². The number of Topliss-reactive ketones (excluding diaryl/α,β-unsaturated/α-hetero) is 1. The summed E-state index contributed by atoms with van der Waals surface area (Å²) in [4.78, 5) is 11.9. The molecule has 0 aliphatic heterocycles. The Kier molecular flexibility index (Phi) is 3.08. The van der Waals surface area contributed by atoms with E-state index in [1.165, 1.54) is 11.5 Å². The minimum absolute atomic E-state index is 0.150. The van der Waals surface area contributed by atoms with Crippen LogP contribution in [0.2, 0.25) is 0 Å². The van der Waals surface area contributed by atoms with E-state index in [1.807, 2.05) is 13.0 Å². The van der Waals surface area contributed by atoms with Gasteiger partial charge in [-0.25, -0.2) is 0 Å². The number of carbonyl (C=O) groups excluding carboxylic acids is 1. The molecular formula is C7H9NOS2. The summed E-state index contributed by atoms with van der Waals surface area (Å²) in [5.41, 5.74) is 0.983. The zero-order chi connectivity index (χ0) is 8.27. The molecule has 0 bridgehead atoms. The van der Waals surface area contributed by atoms with Gasteiger partial charge in [0.05, 0.1) is 5.69 Å². The number of hydrogen-bond donors (Lipinski definition) is 1. The molecule has 0 saturated carbocycles. The number of nitrogens with zero attached hydrogens (tertiary/aromatic N) is 1. The normalized spacial score (nSPS) is 10.0. The maximum atomic E-state index is 10.9. The molecule has 4 heteroatoms. The van der Waals surface area contributed by atoms with Crippen LogP contribution in [0, 0.1) is 6.92 Å². The predicted molar refractivity (Wildman–Crippen MR) is 49.4 cm³/mol. The van der Waals surface area contributed by atoms with Crippen LogP contribution >= 0.6 is 24.2 Å². The zero-order valence-corrected chi connectivity index (χ0v) is 7.91. The quantitative estimate of drug-likeness (QED) is 0.727. The molecule has 0 aromatic carbocycles. The lowest BCUT2D eigenvalue weighted by molar-refractivity contribution is -0.115. The fourth-order valence-electron chi connectivity index (χ4n) is 0.750. The Morgan fingerprint density at radius 3 is 3.00 bits per heavy atom. The fraction of sp³-hybridized carbons (Fsp3) is 0.429. The number of carbonyl (C=O) groups is 1. The van der Waals surface area contributed by atoms with E-state index in [2.05, 4.69) is 17.0 Å². The highest BCUT2D eigenvalue weighted by molar-refractivity contribution is 7.81. The van der Waals surface area contributed by atoms with Gasteiger partial charge < -0.3 is 0 Å². The highest BCUT2D eigenvalue weighted by Crippen LogP contribution is 2.09. The molecule has 60 valence electrons. The van der Waals surface area contributed by atoms with Gasteiger partial charge in [-0.15, -0.1) is 0 Å². The van der Waals surface area contributed by atoms with Crippen LogP contribution in [-0.4, -0.2) is 15.9 Å². The van der Waals surface area contributed by atoms with Gasteiger partial charge in [0.2, 0.25) is 0 Å². The summed E-state index contributed by atoms with van der Waals surface area (Å²) in [5.74, 6) is 0.466. The molecule has 1 aromatic heterocycles. The van der Waals surface area contributed by atoms with Crippen molar-refractivity contribution >= 4 is 29.9 Å². The second kappa shape index (κ2) is 3.88. The molecule has 0 N–H and O–H groups in total. The summed E-state index contributed by atoms with van der Waals surface area (Å²) in [5, 5.41) is 0. The fourth-order valence-corrected chi connectivity index (χ4v) is 1.62. The first kappa shape index (κ1) is 8.74. The Morgan fingerprint density at radius 2 is 2.55 bits per heavy atom. The lowest BCUT2D eigenvalue weighted by Crippen LogP contribution is -2.01. The average molecular weight is 187 g/mol. The third-order valence-electron chi connectivity index (χ3n) is 1.22. The molecule has 0 unspecified atom stereocenters. The highest BCUT2D eigenvalue weighted by atomic mass is 32.1. The molecule has 0 aliphatic rings. The van der Waals surface area contributed by atoms with Crippen LogP contribution in [0.1, 0.15) is 10.6 Å². The number of hydrogen-bond acceptors (Lipinski definition) is 4. The van der Waals surface area contributed by atoms with E-state index in [-0.39, 0.29) is 5.78 Å². The first-order chi connectivity index (χ1) is 5.22. The van der Waals surface area contributed by atoms with Crippen LogP contribution in [0.3, 0.4) is 0 Å². The Labute approximate surface area is 75.2 Å². The van der Waals surface area contributed by atoms with E-state index in [9.17, 15) is 4.79 Å². The van der Waals surface area contributed by atoms with Crippen molar-refractivity contribution in [3.63, 3.8) is 0 Å². The molecule has 1 aromatic rings. The van der Waals surface area contributed by atoms with Crippen molar-refractivity contribution in [2.24, 2.45) is 0 Å². The van der Waals surface area contributed by atoms with Crippen molar-refractivity contribution < 1.29 is 4.79 Å². The zero-order valence-electron chi connectivity index (χ0n) is 6.20. The number of aromatic nitrogens is 1. The minimum atomic E-state index is 0.150. The van der Waals surface area contributed by atoms with Gasteiger partial charge in [-0.1, -0.05) is 0 Å². The van der Waals surface area contributed by atoms with Crippen molar-refractivity contribution in [2.75, 3.05) is 5.75 Å². The summed E-state index contributed by atoms with van der Waals surface area (Å²) in [6.07, 6.45) is 0.481. The summed E-state index contributed by atoms with van der Waals surface area (Å²) >= 11 is 5.28. The summed E-state index contributed by atoms with van der Waals surface area (Å²) < 4.78 is 4.07. The van der Waals surface area contributed by atoms with Gasteiger partial charge in [0.15, 0.2) is 0 Å². The monoisotopic (exact) mass is 187 g/mol. The molecule has 0 fully saturated rings. The summed E-state index contributed by atoms with van der Waals surface area (Å²) in [7, 11) is 0. The molecule has 2 nitrogen and oxygen atoms in total. The summed E-state index contributed by atoms with van der Waals surface area (Å²) in [6, 6.07) is 1.94. The average Bonchev–Trinajstić information content (AvgIpc) is 2.35.